The zero-order valence-corrected chi connectivity index (χ0v) is 23.9. The number of benzene rings is 4. The van der Waals surface area contributed by atoms with Crippen LogP contribution in [0.25, 0.3) is 21.9 Å². The first-order chi connectivity index (χ1) is 18.9. The third kappa shape index (κ3) is 6.28. The molecule has 1 heterocycles. The number of rotatable bonds is 9. The average Bonchev–Trinajstić information content (AvgIpc) is 2.96. The van der Waals surface area contributed by atoms with Crippen LogP contribution in [0.3, 0.4) is 0 Å². The number of halogens is 2. The number of hydrogen-bond acceptors (Lipinski definition) is 6. The van der Waals surface area contributed by atoms with Crippen LogP contribution >= 0.6 is 23.2 Å². The van der Waals surface area contributed by atoms with Crippen molar-refractivity contribution in [2.24, 2.45) is 0 Å². The van der Waals surface area contributed by atoms with Crippen LogP contribution in [0.15, 0.2) is 71.6 Å². The van der Waals surface area contributed by atoms with Crippen molar-refractivity contribution in [3.05, 3.63) is 76.8 Å². The van der Waals surface area contributed by atoms with Gasteiger partial charge in [-0.25, -0.2) is 8.42 Å². The minimum absolute atomic E-state index is 0.0166. The number of thiol groups is 1. The molecule has 5 rings (SSSR count). The van der Waals surface area contributed by atoms with Crippen LogP contribution in [0.2, 0.25) is 10.0 Å². The second-order valence-corrected chi connectivity index (χ2v) is 11.1. The Hall–Kier alpha value is -2.97. The summed E-state index contributed by atoms with van der Waals surface area (Å²) >= 11 is 12.9. The van der Waals surface area contributed by atoms with Crippen LogP contribution in [0.4, 0.5) is 0 Å². The molecule has 1 fully saturated rings. The lowest BCUT2D eigenvalue weighted by atomic mass is 9.99. The number of likely N-dealkylation sites (tertiary alicyclic amines) is 1. The lowest BCUT2D eigenvalue weighted by molar-refractivity contribution is 0.183. The first-order valence-corrected chi connectivity index (χ1v) is 14.7. The topological polar surface area (TPSA) is 65.1 Å². The molecule has 9 heteroatoms. The van der Waals surface area contributed by atoms with Crippen LogP contribution in [-0.2, 0) is 10.7 Å². The van der Waals surface area contributed by atoms with Gasteiger partial charge in [-0.05, 0) is 85.9 Å². The molecule has 0 N–H and O–H groups in total. The van der Waals surface area contributed by atoms with Gasteiger partial charge in [-0.1, -0.05) is 41.8 Å². The summed E-state index contributed by atoms with van der Waals surface area (Å²) in [6.07, 6.45) is 3.83. The third-order valence-electron chi connectivity index (χ3n) is 6.89. The van der Waals surface area contributed by atoms with E-state index in [0.717, 1.165) is 41.9 Å². The fourth-order valence-electron chi connectivity index (χ4n) is 4.81. The molecule has 0 unspecified atom stereocenters. The second kappa shape index (κ2) is 12.5. The summed E-state index contributed by atoms with van der Waals surface area (Å²) in [6.45, 7) is 3.84. The van der Waals surface area contributed by atoms with Gasteiger partial charge in [0.15, 0.2) is 10.7 Å². The quantitative estimate of drug-likeness (QED) is 0.206. The highest BCUT2D eigenvalue weighted by molar-refractivity contribution is 7.72. The molecular weight excluding hydrogens is 557 g/mol. The zero-order chi connectivity index (χ0) is 27.4. The summed E-state index contributed by atoms with van der Waals surface area (Å²) in [5.41, 5.74) is 1.24. The molecule has 6 nitrogen and oxygen atoms in total. The molecule has 1 aliphatic rings. The molecule has 4 aromatic carbocycles. The summed E-state index contributed by atoms with van der Waals surface area (Å²) in [7, 11) is -1.26. The van der Waals surface area contributed by atoms with E-state index in [9.17, 15) is 8.42 Å². The number of hydrogen-bond donors (Lipinski definition) is 1. The van der Waals surface area contributed by atoms with Crippen LogP contribution in [0.5, 0.6) is 23.0 Å². The van der Waals surface area contributed by atoms with E-state index in [1.807, 2.05) is 54.6 Å². The molecule has 0 aromatic heterocycles. The average molecular weight is 587 g/mol. The largest absolute Gasteiger partial charge is 0.497 e. The summed E-state index contributed by atoms with van der Waals surface area (Å²) in [4.78, 5) is 2.42. The maximum atomic E-state index is 11.6. The van der Waals surface area contributed by atoms with Crippen LogP contribution in [-0.4, -0.2) is 46.7 Å². The molecule has 1 aliphatic heterocycles. The van der Waals surface area contributed by atoms with E-state index in [1.54, 1.807) is 13.2 Å². The monoisotopic (exact) mass is 585 g/mol. The minimum Gasteiger partial charge on any atom is -0.497 e. The van der Waals surface area contributed by atoms with Crippen molar-refractivity contribution in [2.75, 3.05) is 33.4 Å². The van der Waals surface area contributed by atoms with E-state index < -0.39 is 10.7 Å². The molecule has 0 amide bonds. The fourth-order valence-corrected chi connectivity index (χ4v) is 5.99. The molecule has 1 saturated heterocycles. The third-order valence-corrected chi connectivity index (χ3v) is 8.67. The van der Waals surface area contributed by atoms with Crippen molar-refractivity contribution < 1.29 is 22.6 Å². The van der Waals surface area contributed by atoms with Gasteiger partial charge >= 0.3 is 0 Å². The molecular formula is C30H29Cl2NO5S. The molecule has 39 heavy (non-hydrogen) atoms. The highest BCUT2D eigenvalue weighted by Gasteiger charge is 2.19. The maximum Gasteiger partial charge on any atom is 0.169 e. The summed E-state index contributed by atoms with van der Waals surface area (Å²) in [5.74, 6) is 2.67. The van der Waals surface area contributed by atoms with Gasteiger partial charge in [0.05, 0.1) is 22.1 Å². The highest BCUT2D eigenvalue weighted by Crippen LogP contribution is 2.45. The van der Waals surface area contributed by atoms with Crippen LogP contribution < -0.4 is 14.2 Å². The SMILES string of the molecule is COc1ccc2c(Oc3ccc(OCCN4CCCCC4)cc3)c(-c3ccc([SH](=O)=O)c(Cl)c3Cl)ccc2c1. The Labute approximate surface area is 240 Å². The molecule has 0 saturated carbocycles. The Bertz CT molecular complexity index is 1540. The molecule has 0 aliphatic carbocycles. The van der Waals surface area contributed by atoms with Gasteiger partial charge in [-0.2, -0.15) is 0 Å². The van der Waals surface area contributed by atoms with Crippen molar-refractivity contribution in [3.63, 3.8) is 0 Å². The number of nitrogens with zero attached hydrogens (tertiary/aromatic N) is 1. The van der Waals surface area contributed by atoms with E-state index in [0.29, 0.717) is 29.2 Å². The summed E-state index contributed by atoms with van der Waals surface area (Å²) in [5, 5.41) is 1.87. The van der Waals surface area contributed by atoms with E-state index in [2.05, 4.69) is 4.90 Å². The van der Waals surface area contributed by atoms with Gasteiger partial charge < -0.3 is 14.2 Å². The lowest BCUT2D eigenvalue weighted by Gasteiger charge is -2.26. The van der Waals surface area contributed by atoms with Gasteiger partial charge in [-0.3, -0.25) is 4.90 Å². The molecule has 204 valence electrons. The van der Waals surface area contributed by atoms with Gasteiger partial charge in [-0.15, -0.1) is 0 Å². The Morgan fingerprint density at radius 3 is 2.21 bits per heavy atom. The molecule has 4 aromatic rings. The Morgan fingerprint density at radius 1 is 0.795 bits per heavy atom. The number of ether oxygens (including phenoxy) is 3. The van der Waals surface area contributed by atoms with E-state index in [-0.39, 0.29) is 14.9 Å². The number of piperidine rings is 1. The second-order valence-electron chi connectivity index (χ2n) is 9.37. The fraction of sp³-hybridized carbons (Fsp3) is 0.267. The predicted molar refractivity (Wildman–Crippen MR) is 157 cm³/mol. The van der Waals surface area contributed by atoms with E-state index in [1.165, 1.54) is 25.3 Å². The molecule has 0 spiro atoms. The highest BCUT2D eigenvalue weighted by atomic mass is 35.5. The van der Waals surface area contributed by atoms with E-state index in [4.69, 9.17) is 37.4 Å². The maximum absolute atomic E-state index is 11.6. The predicted octanol–water partition coefficient (Wildman–Crippen LogP) is 7.45. The number of methoxy groups -OCH3 is 1. The summed E-state index contributed by atoms with van der Waals surface area (Å²) in [6, 6.07) is 20.1. The normalized spacial score (nSPS) is 14.1. The Morgan fingerprint density at radius 2 is 1.49 bits per heavy atom. The van der Waals surface area contributed by atoms with Gasteiger partial charge in [0.25, 0.3) is 0 Å². The standard InChI is InChI=1S/C30H29Cl2NO5S/c1-36-23-10-12-24-20(19-23)5-11-26(25-13-14-27(39(34)35)29(32)28(25)31)30(24)38-22-8-6-21(7-9-22)37-18-17-33-15-3-2-4-16-33/h5-14,19,39H,2-4,15-18H2,1H3. The molecule has 0 radical (unpaired) electrons. The van der Waals surface area contributed by atoms with Crippen molar-refractivity contribution >= 4 is 44.7 Å². The van der Waals surface area contributed by atoms with Crippen LogP contribution in [0.1, 0.15) is 19.3 Å². The minimum atomic E-state index is -2.88. The first-order valence-electron chi connectivity index (χ1n) is 12.8. The van der Waals surface area contributed by atoms with Crippen LogP contribution in [0, 0.1) is 0 Å². The van der Waals surface area contributed by atoms with E-state index >= 15 is 0 Å². The Balaban J connectivity index is 1.45. The Kier molecular flexibility index (Phi) is 8.82. The smallest absolute Gasteiger partial charge is 0.169 e. The van der Waals surface area contributed by atoms with Crippen molar-refractivity contribution in [1.82, 2.24) is 4.90 Å². The van der Waals surface area contributed by atoms with Crippen molar-refractivity contribution in [1.29, 1.82) is 0 Å². The van der Waals surface area contributed by atoms with Gasteiger partial charge in [0.2, 0.25) is 0 Å². The van der Waals surface area contributed by atoms with Crippen molar-refractivity contribution in [2.45, 2.75) is 24.2 Å². The molecule has 0 atom stereocenters. The zero-order valence-electron chi connectivity index (χ0n) is 21.5. The first kappa shape index (κ1) is 27.6. The van der Waals surface area contributed by atoms with Gasteiger partial charge in [0.1, 0.15) is 29.6 Å². The summed E-state index contributed by atoms with van der Waals surface area (Å²) < 4.78 is 41.0. The van der Waals surface area contributed by atoms with Gasteiger partial charge in [0, 0.05) is 23.1 Å². The lowest BCUT2D eigenvalue weighted by Crippen LogP contribution is -2.33. The van der Waals surface area contributed by atoms with Crippen molar-refractivity contribution in [3.8, 4) is 34.1 Å². The number of fused-ring (bicyclic) bond motifs is 1. The molecule has 0 bridgehead atoms.